The first-order valence-corrected chi connectivity index (χ1v) is 4.32. The van der Waals surface area contributed by atoms with Gasteiger partial charge >= 0.3 is 0 Å². The van der Waals surface area contributed by atoms with E-state index in [4.69, 9.17) is 0 Å². The molecule has 1 nitrogen and oxygen atoms in total. The maximum atomic E-state index is 3.30. The van der Waals surface area contributed by atoms with Gasteiger partial charge in [-0.15, -0.1) is 0 Å². The maximum Gasteiger partial charge on any atom is 0.0384 e. The van der Waals surface area contributed by atoms with Gasteiger partial charge in [0.15, 0.2) is 0 Å². The van der Waals surface area contributed by atoms with E-state index in [9.17, 15) is 0 Å². The Morgan fingerprint density at radius 1 is 0.571 bits per heavy atom. The Labute approximate surface area is 103 Å². The Bertz CT molecular complexity index is 321. The number of nitrogens with one attached hydrogen (secondary N) is 1. The second kappa shape index (κ2) is 5.77. The number of rotatable bonds is 2. The SMILES string of the molecule is [Bi].c1ccc(Nc2ccccc2)cc1. The Balaban J connectivity index is 0.000000980. The molecule has 0 unspecified atom stereocenters. The van der Waals surface area contributed by atoms with E-state index in [1.807, 2.05) is 60.7 Å². The first kappa shape index (κ1) is 11.2. The normalized spacial score (nSPS) is 8.86. The largest absolute Gasteiger partial charge is 0.356 e. The Kier molecular flexibility index (Phi) is 4.62. The first-order valence-electron chi connectivity index (χ1n) is 4.32. The van der Waals surface area contributed by atoms with Crippen LogP contribution in [0.3, 0.4) is 0 Å². The predicted octanol–water partition coefficient (Wildman–Crippen LogP) is 3.05. The molecule has 14 heavy (non-hydrogen) atoms. The van der Waals surface area contributed by atoms with Crippen molar-refractivity contribution in [3.8, 4) is 0 Å². The minimum absolute atomic E-state index is 0. The van der Waals surface area contributed by atoms with Gasteiger partial charge in [0.05, 0.1) is 0 Å². The summed E-state index contributed by atoms with van der Waals surface area (Å²) in [5.41, 5.74) is 2.24. The Hall–Kier alpha value is -0.877. The standard InChI is InChI=1S/C12H11N.Bi/c1-3-7-11(8-4-1)13-12-9-5-2-6-10-12;/h1-10,13H;. The molecule has 0 aliphatic carbocycles. The molecule has 0 atom stereocenters. The van der Waals surface area contributed by atoms with Crippen molar-refractivity contribution >= 4 is 37.6 Å². The number of hydrogen-bond acceptors (Lipinski definition) is 1. The van der Waals surface area contributed by atoms with Crippen molar-refractivity contribution in [1.29, 1.82) is 0 Å². The molecule has 0 aliphatic heterocycles. The Morgan fingerprint density at radius 2 is 0.929 bits per heavy atom. The zero-order chi connectivity index (χ0) is 8.93. The molecule has 1 N–H and O–H groups in total. The fourth-order valence-electron chi connectivity index (χ4n) is 1.21. The van der Waals surface area contributed by atoms with Crippen LogP contribution in [0.5, 0.6) is 0 Å². The molecule has 69 valence electrons. The van der Waals surface area contributed by atoms with Gasteiger partial charge < -0.3 is 5.32 Å². The molecule has 2 rings (SSSR count). The van der Waals surface area contributed by atoms with Gasteiger partial charge in [0.25, 0.3) is 0 Å². The van der Waals surface area contributed by atoms with Crippen molar-refractivity contribution in [3.05, 3.63) is 60.7 Å². The molecule has 0 bridgehead atoms. The number of hydrogen-bond donors (Lipinski definition) is 1. The van der Waals surface area contributed by atoms with Crippen LogP contribution in [0.1, 0.15) is 0 Å². The fraction of sp³-hybridized carbons (Fsp3) is 0. The molecule has 0 fully saturated rings. The van der Waals surface area contributed by atoms with Gasteiger partial charge in [0.2, 0.25) is 0 Å². The van der Waals surface area contributed by atoms with E-state index >= 15 is 0 Å². The smallest absolute Gasteiger partial charge is 0.0384 e. The third-order valence-corrected chi connectivity index (χ3v) is 1.84. The van der Waals surface area contributed by atoms with E-state index in [0.29, 0.717) is 0 Å². The van der Waals surface area contributed by atoms with Crippen LogP contribution in [0.2, 0.25) is 0 Å². The molecule has 2 aromatic carbocycles. The van der Waals surface area contributed by atoms with E-state index in [-0.39, 0.29) is 26.2 Å². The second-order valence-corrected chi connectivity index (χ2v) is 2.86. The van der Waals surface area contributed by atoms with Gasteiger partial charge in [-0.1, -0.05) is 36.4 Å². The van der Waals surface area contributed by atoms with E-state index in [1.165, 1.54) is 0 Å². The molecular formula is C12H11BiN. The van der Waals surface area contributed by atoms with Gasteiger partial charge in [-0.25, -0.2) is 0 Å². The van der Waals surface area contributed by atoms with E-state index in [0.717, 1.165) is 11.4 Å². The van der Waals surface area contributed by atoms with Gasteiger partial charge in [0.1, 0.15) is 0 Å². The van der Waals surface area contributed by atoms with Gasteiger partial charge in [-0.05, 0) is 24.3 Å². The summed E-state index contributed by atoms with van der Waals surface area (Å²) in [6.07, 6.45) is 0. The van der Waals surface area contributed by atoms with Crippen molar-refractivity contribution in [2.45, 2.75) is 0 Å². The summed E-state index contributed by atoms with van der Waals surface area (Å²) in [5, 5.41) is 3.30. The molecule has 0 saturated carbocycles. The average molecular weight is 378 g/mol. The van der Waals surface area contributed by atoms with E-state index < -0.39 is 0 Å². The fourth-order valence-corrected chi connectivity index (χ4v) is 1.21. The summed E-state index contributed by atoms with van der Waals surface area (Å²) >= 11 is 0. The van der Waals surface area contributed by atoms with Crippen LogP contribution >= 0.6 is 0 Å². The molecule has 0 aliphatic rings. The van der Waals surface area contributed by atoms with Gasteiger partial charge in [-0.2, -0.15) is 0 Å². The summed E-state index contributed by atoms with van der Waals surface area (Å²) in [7, 11) is 0. The van der Waals surface area contributed by atoms with Crippen LogP contribution in [0.15, 0.2) is 60.7 Å². The van der Waals surface area contributed by atoms with Crippen LogP contribution in [0.4, 0.5) is 11.4 Å². The van der Waals surface area contributed by atoms with Crippen molar-refractivity contribution < 1.29 is 0 Å². The molecule has 0 aromatic heterocycles. The van der Waals surface area contributed by atoms with E-state index in [1.54, 1.807) is 0 Å². The van der Waals surface area contributed by atoms with Crippen molar-refractivity contribution in [3.63, 3.8) is 0 Å². The number of benzene rings is 2. The number of anilines is 2. The zero-order valence-electron chi connectivity index (χ0n) is 7.72. The van der Waals surface area contributed by atoms with Crippen LogP contribution in [0.25, 0.3) is 0 Å². The van der Waals surface area contributed by atoms with Crippen LogP contribution in [0, 0.1) is 0 Å². The molecule has 0 spiro atoms. The zero-order valence-corrected chi connectivity index (χ0v) is 11.2. The van der Waals surface area contributed by atoms with E-state index in [2.05, 4.69) is 5.32 Å². The number of para-hydroxylation sites is 2. The summed E-state index contributed by atoms with van der Waals surface area (Å²) in [5.74, 6) is 0. The third-order valence-electron chi connectivity index (χ3n) is 1.84. The topological polar surface area (TPSA) is 12.0 Å². The monoisotopic (exact) mass is 378 g/mol. The second-order valence-electron chi connectivity index (χ2n) is 2.86. The van der Waals surface area contributed by atoms with Crippen LogP contribution < -0.4 is 5.32 Å². The summed E-state index contributed by atoms with van der Waals surface area (Å²) in [4.78, 5) is 0. The molecule has 2 heteroatoms. The Morgan fingerprint density at radius 3 is 1.29 bits per heavy atom. The molecule has 3 radical (unpaired) electrons. The maximum absolute atomic E-state index is 3.30. The van der Waals surface area contributed by atoms with Crippen LogP contribution in [-0.2, 0) is 0 Å². The summed E-state index contributed by atoms with van der Waals surface area (Å²) in [6, 6.07) is 20.3. The molecule has 0 saturated heterocycles. The average Bonchev–Trinajstić information content (AvgIpc) is 2.21. The molecule has 2 aromatic rings. The summed E-state index contributed by atoms with van der Waals surface area (Å²) < 4.78 is 0. The van der Waals surface area contributed by atoms with Crippen molar-refractivity contribution in [1.82, 2.24) is 0 Å². The third kappa shape index (κ3) is 3.12. The first-order chi connectivity index (χ1) is 6.45. The minimum Gasteiger partial charge on any atom is -0.356 e. The van der Waals surface area contributed by atoms with Crippen LogP contribution in [-0.4, -0.2) is 26.2 Å². The molecule has 0 heterocycles. The summed E-state index contributed by atoms with van der Waals surface area (Å²) in [6.45, 7) is 0. The van der Waals surface area contributed by atoms with Gasteiger partial charge in [0, 0.05) is 37.6 Å². The molecular weight excluding hydrogens is 367 g/mol. The minimum atomic E-state index is 0. The van der Waals surface area contributed by atoms with Crippen molar-refractivity contribution in [2.75, 3.05) is 5.32 Å². The quantitative estimate of drug-likeness (QED) is 0.793. The predicted molar refractivity (Wildman–Crippen MR) is 61.9 cm³/mol. The van der Waals surface area contributed by atoms with Gasteiger partial charge in [-0.3, -0.25) is 0 Å². The molecule has 0 amide bonds. The van der Waals surface area contributed by atoms with Crippen molar-refractivity contribution in [2.24, 2.45) is 0 Å².